The average molecular weight is 358 g/mol. The fourth-order valence-electron chi connectivity index (χ4n) is 2.00. The molecule has 4 nitrogen and oxygen atoms in total. The number of phenols is 4. The van der Waals surface area contributed by atoms with Crippen LogP contribution in [0.5, 0.6) is 23.0 Å². The lowest BCUT2D eigenvalue weighted by atomic mass is 10.3. The maximum Gasteiger partial charge on any atom is 0.129 e. The molecule has 122 valence electrons. The van der Waals surface area contributed by atoms with Gasteiger partial charge in [0, 0.05) is 9.79 Å². The Morgan fingerprint density at radius 2 is 0.875 bits per heavy atom. The van der Waals surface area contributed by atoms with Crippen molar-refractivity contribution in [2.75, 3.05) is 0 Å². The summed E-state index contributed by atoms with van der Waals surface area (Å²) in [6, 6.07) is 16.3. The van der Waals surface area contributed by atoms with E-state index in [2.05, 4.69) is 0 Å². The molecule has 0 fully saturated rings. The maximum atomic E-state index is 9.81. The first-order chi connectivity index (χ1) is 11.5. The monoisotopic (exact) mass is 358 g/mol. The molecule has 0 unspecified atom stereocenters. The highest BCUT2D eigenvalue weighted by molar-refractivity contribution is 8.00. The van der Waals surface area contributed by atoms with Crippen molar-refractivity contribution < 1.29 is 20.4 Å². The van der Waals surface area contributed by atoms with Crippen molar-refractivity contribution in [1.82, 2.24) is 0 Å². The van der Waals surface area contributed by atoms with E-state index in [0.717, 1.165) is 9.79 Å². The Hall–Kier alpha value is -2.44. The minimum absolute atomic E-state index is 0.0989. The van der Waals surface area contributed by atoms with Crippen LogP contribution in [0.15, 0.2) is 80.2 Å². The largest absolute Gasteiger partial charge is 0.508 e. The first-order valence-electron chi connectivity index (χ1n) is 7.01. The molecule has 0 amide bonds. The second kappa shape index (κ2) is 6.98. The molecule has 3 aromatic rings. The molecule has 24 heavy (non-hydrogen) atoms. The number of hydrogen-bond donors (Lipinski definition) is 4. The van der Waals surface area contributed by atoms with E-state index in [-0.39, 0.29) is 23.0 Å². The first-order valence-corrected chi connectivity index (χ1v) is 8.64. The van der Waals surface area contributed by atoms with Crippen LogP contribution in [-0.4, -0.2) is 20.4 Å². The third-order valence-corrected chi connectivity index (χ3v) is 5.28. The second-order valence-electron chi connectivity index (χ2n) is 4.98. The average Bonchev–Trinajstić information content (AvgIpc) is 2.56. The summed E-state index contributed by atoms with van der Waals surface area (Å²) in [5, 5.41) is 38.6. The molecule has 4 N–H and O–H groups in total. The molecular weight excluding hydrogens is 344 g/mol. The van der Waals surface area contributed by atoms with Gasteiger partial charge in [-0.3, -0.25) is 0 Å². The number of phenolic OH excluding ortho intramolecular Hbond substituents is 4. The maximum absolute atomic E-state index is 9.81. The van der Waals surface area contributed by atoms with Gasteiger partial charge in [0.25, 0.3) is 0 Å². The lowest BCUT2D eigenvalue weighted by molar-refractivity contribution is 0.448. The lowest BCUT2D eigenvalue weighted by Crippen LogP contribution is -1.78. The Labute approximate surface area is 147 Å². The zero-order chi connectivity index (χ0) is 17.1. The SMILES string of the molecule is Oc1ccc(O)c(Sc2ccc(Sc3cc(O)ccc3O)cc2)c1. The van der Waals surface area contributed by atoms with E-state index >= 15 is 0 Å². The Bertz CT molecular complexity index is 791. The molecule has 3 rings (SSSR count). The van der Waals surface area contributed by atoms with Gasteiger partial charge in [-0.2, -0.15) is 0 Å². The summed E-state index contributed by atoms with van der Waals surface area (Å²) in [6.07, 6.45) is 0. The standard InChI is InChI=1S/C18H14O4S2/c19-11-1-7-15(21)17(9-11)23-13-3-5-14(6-4-13)24-18-10-12(20)2-8-16(18)22/h1-10,19-22H. The fraction of sp³-hybridized carbons (Fsp3) is 0. The molecule has 0 heterocycles. The Balaban J connectivity index is 1.76. The third-order valence-electron chi connectivity index (χ3n) is 3.17. The predicted molar refractivity (Wildman–Crippen MR) is 94.2 cm³/mol. The van der Waals surface area contributed by atoms with Crippen LogP contribution in [0.4, 0.5) is 0 Å². The summed E-state index contributed by atoms with van der Waals surface area (Å²) in [5.74, 6) is 0.422. The number of aromatic hydroxyl groups is 4. The number of benzene rings is 3. The van der Waals surface area contributed by atoms with Crippen LogP contribution >= 0.6 is 23.5 Å². The Kier molecular flexibility index (Phi) is 4.78. The van der Waals surface area contributed by atoms with Crippen molar-refractivity contribution in [2.45, 2.75) is 19.6 Å². The summed E-state index contributed by atoms with van der Waals surface area (Å²) in [5.41, 5.74) is 0. The van der Waals surface area contributed by atoms with Gasteiger partial charge in [0.2, 0.25) is 0 Å². The van der Waals surface area contributed by atoms with Crippen LogP contribution in [0, 0.1) is 0 Å². The van der Waals surface area contributed by atoms with E-state index in [1.807, 2.05) is 24.3 Å². The van der Waals surface area contributed by atoms with Gasteiger partial charge in [0.1, 0.15) is 23.0 Å². The molecule has 0 radical (unpaired) electrons. The zero-order valence-electron chi connectivity index (χ0n) is 12.4. The van der Waals surface area contributed by atoms with Gasteiger partial charge in [-0.1, -0.05) is 23.5 Å². The predicted octanol–water partition coefficient (Wildman–Crippen LogP) is 4.81. The number of rotatable bonds is 4. The molecule has 3 aromatic carbocycles. The summed E-state index contributed by atoms with van der Waals surface area (Å²) < 4.78 is 0. The smallest absolute Gasteiger partial charge is 0.129 e. The Morgan fingerprint density at radius 1 is 0.500 bits per heavy atom. The highest BCUT2D eigenvalue weighted by atomic mass is 32.2. The van der Waals surface area contributed by atoms with Crippen LogP contribution in [-0.2, 0) is 0 Å². The quantitative estimate of drug-likeness (QED) is 0.501. The minimum Gasteiger partial charge on any atom is -0.508 e. The molecule has 0 spiro atoms. The zero-order valence-corrected chi connectivity index (χ0v) is 14.0. The van der Waals surface area contributed by atoms with E-state index < -0.39 is 0 Å². The van der Waals surface area contributed by atoms with Crippen molar-refractivity contribution in [3.8, 4) is 23.0 Å². The van der Waals surface area contributed by atoms with Gasteiger partial charge in [-0.05, 0) is 60.7 Å². The normalized spacial score (nSPS) is 10.7. The molecule has 6 heteroatoms. The number of hydrogen-bond acceptors (Lipinski definition) is 6. The van der Waals surface area contributed by atoms with Crippen LogP contribution in [0.2, 0.25) is 0 Å². The molecule has 0 bridgehead atoms. The van der Waals surface area contributed by atoms with Gasteiger partial charge >= 0.3 is 0 Å². The molecular formula is C18H14O4S2. The van der Waals surface area contributed by atoms with E-state index in [9.17, 15) is 20.4 Å². The van der Waals surface area contributed by atoms with Gasteiger partial charge in [0.05, 0.1) is 9.79 Å². The van der Waals surface area contributed by atoms with Crippen molar-refractivity contribution in [1.29, 1.82) is 0 Å². The first kappa shape index (κ1) is 16.4. The molecule has 0 aliphatic rings. The van der Waals surface area contributed by atoms with Crippen molar-refractivity contribution in [3.63, 3.8) is 0 Å². The van der Waals surface area contributed by atoms with Gasteiger partial charge in [-0.15, -0.1) is 0 Å². The third kappa shape index (κ3) is 3.90. The van der Waals surface area contributed by atoms with Gasteiger partial charge < -0.3 is 20.4 Å². The molecule has 0 aromatic heterocycles. The second-order valence-corrected chi connectivity index (χ2v) is 7.21. The highest BCUT2D eigenvalue weighted by Gasteiger charge is 2.07. The lowest BCUT2D eigenvalue weighted by Gasteiger charge is -2.07. The topological polar surface area (TPSA) is 80.9 Å². The van der Waals surface area contributed by atoms with Crippen molar-refractivity contribution in [3.05, 3.63) is 60.7 Å². The van der Waals surface area contributed by atoms with Crippen LogP contribution in [0.25, 0.3) is 0 Å². The van der Waals surface area contributed by atoms with E-state index in [1.165, 1.54) is 59.9 Å². The molecule has 0 saturated heterocycles. The van der Waals surface area contributed by atoms with E-state index in [1.54, 1.807) is 0 Å². The summed E-state index contributed by atoms with van der Waals surface area (Å²) >= 11 is 2.68. The summed E-state index contributed by atoms with van der Waals surface area (Å²) in [7, 11) is 0. The Morgan fingerprint density at radius 3 is 1.25 bits per heavy atom. The van der Waals surface area contributed by atoms with Crippen LogP contribution in [0.1, 0.15) is 0 Å². The van der Waals surface area contributed by atoms with Gasteiger partial charge in [0.15, 0.2) is 0 Å². The fourth-order valence-corrected chi connectivity index (χ4v) is 3.76. The van der Waals surface area contributed by atoms with Gasteiger partial charge in [-0.25, -0.2) is 0 Å². The molecule has 0 aliphatic heterocycles. The van der Waals surface area contributed by atoms with Crippen LogP contribution in [0.3, 0.4) is 0 Å². The minimum atomic E-state index is 0.0989. The molecule has 0 saturated carbocycles. The molecule has 0 aliphatic carbocycles. The summed E-state index contributed by atoms with van der Waals surface area (Å²) in [6.45, 7) is 0. The van der Waals surface area contributed by atoms with E-state index in [0.29, 0.717) is 9.79 Å². The summed E-state index contributed by atoms with van der Waals surface area (Å²) in [4.78, 5) is 2.95. The van der Waals surface area contributed by atoms with E-state index in [4.69, 9.17) is 0 Å². The van der Waals surface area contributed by atoms with Crippen molar-refractivity contribution in [2.24, 2.45) is 0 Å². The van der Waals surface area contributed by atoms with Crippen molar-refractivity contribution >= 4 is 23.5 Å². The van der Waals surface area contributed by atoms with Crippen LogP contribution < -0.4 is 0 Å². The molecule has 0 atom stereocenters. The highest BCUT2D eigenvalue weighted by Crippen LogP contribution is 2.39.